The summed E-state index contributed by atoms with van der Waals surface area (Å²) in [6, 6.07) is 0. The van der Waals surface area contributed by atoms with E-state index in [0.717, 1.165) is 6.42 Å². The minimum atomic E-state index is -0.551. The Bertz CT molecular complexity index is 362. The number of imide groups is 1. The van der Waals surface area contributed by atoms with Gasteiger partial charge < -0.3 is 5.11 Å². The SMILES string of the molecule is CC(C)C1(C)CC(=O)N(CC(C)(C)CCCO)C1=O. The molecule has 1 unspecified atom stereocenters. The summed E-state index contributed by atoms with van der Waals surface area (Å²) in [5, 5.41) is 8.90. The molecule has 1 heterocycles. The van der Waals surface area contributed by atoms with Crippen molar-refractivity contribution in [2.24, 2.45) is 16.7 Å². The van der Waals surface area contributed by atoms with E-state index in [0.29, 0.717) is 19.4 Å². The number of aliphatic hydroxyl groups excluding tert-OH is 1. The molecular formula is C15H27NO3. The van der Waals surface area contributed by atoms with Crippen LogP contribution in [0.4, 0.5) is 0 Å². The van der Waals surface area contributed by atoms with Crippen LogP contribution in [0.15, 0.2) is 0 Å². The monoisotopic (exact) mass is 269 g/mol. The molecule has 4 heteroatoms. The minimum absolute atomic E-state index is 0.0374. The third-order valence-electron chi connectivity index (χ3n) is 4.43. The number of rotatable bonds is 6. The van der Waals surface area contributed by atoms with Crippen molar-refractivity contribution >= 4 is 11.8 Å². The lowest BCUT2D eigenvalue weighted by Crippen LogP contribution is -2.41. The van der Waals surface area contributed by atoms with Crippen LogP contribution in [0.5, 0.6) is 0 Å². The number of hydrogen-bond acceptors (Lipinski definition) is 3. The van der Waals surface area contributed by atoms with Gasteiger partial charge in [0.1, 0.15) is 0 Å². The fraction of sp³-hybridized carbons (Fsp3) is 0.867. The molecule has 1 aliphatic heterocycles. The van der Waals surface area contributed by atoms with E-state index >= 15 is 0 Å². The normalized spacial score (nSPS) is 24.7. The first-order valence-corrected chi connectivity index (χ1v) is 7.10. The van der Waals surface area contributed by atoms with E-state index in [-0.39, 0.29) is 29.8 Å². The highest BCUT2D eigenvalue weighted by Gasteiger charge is 2.50. The highest BCUT2D eigenvalue weighted by molar-refractivity contribution is 6.05. The number of amides is 2. The van der Waals surface area contributed by atoms with Gasteiger partial charge in [-0.15, -0.1) is 0 Å². The molecule has 1 saturated heterocycles. The maximum absolute atomic E-state index is 12.5. The Morgan fingerprint density at radius 3 is 2.37 bits per heavy atom. The lowest BCUT2D eigenvalue weighted by molar-refractivity contribution is -0.143. The van der Waals surface area contributed by atoms with E-state index in [1.54, 1.807) is 0 Å². The summed E-state index contributed by atoms with van der Waals surface area (Å²) < 4.78 is 0. The minimum Gasteiger partial charge on any atom is -0.396 e. The molecule has 110 valence electrons. The zero-order valence-electron chi connectivity index (χ0n) is 12.8. The maximum Gasteiger partial charge on any atom is 0.235 e. The summed E-state index contributed by atoms with van der Waals surface area (Å²) in [6.07, 6.45) is 1.82. The van der Waals surface area contributed by atoms with Crippen molar-refractivity contribution in [2.45, 2.75) is 53.9 Å². The third kappa shape index (κ3) is 3.35. The lowest BCUT2D eigenvalue weighted by Gasteiger charge is -2.31. The second-order valence-corrected chi connectivity index (χ2v) is 7.03. The van der Waals surface area contributed by atoms with Crippen molar-refractivity contribution in [3.8, 4) is 0 Å². The Labute approximate surface area is 116 Å². The molecule has 1 fully saturated rings. The van der Waals surface area contributed by atoms with E-state index in [4.69, 9.17) is 5.11 Å². The summed E-state index contributed by atoms with van der Waals surface area (Å²) in [4.78, 5) is 26.0. The second-order valence-electron chi connectivity index (χ2n) is 7.03. The molecule has 4 nitrogen and oxygen atoms in total. The molecule has 0 saturated carbocycles. The van der Waals surface area contributed by atoms with Gasteiger partial charge in [-0.3, -0.25) is 14.5 Å². The number of hydrogen-bond donors (Lipinski definition) is 1. The van der Waals surface area contributed by atoms with Gasteiger partial charge in [0.05, 0.1) is 5.41 Å². The molecule has 19 heavy (non-hydrogen) atoms. The molecule has 1 rings (SSSR count). The van der Waals surface area contributed by atoms with Crippen molar-refractivity contribution < 1.29 is 14.7 Å². The van der Waals surface area contributed by atoms with Crippen LogP contribution >= 0.6 is 0 Å². The van der Waals surface area contributed by atoms with Gasteiger partial charge in [0, 0.05) is 19.6 Å². The summed E-state index contributed by atoms with van der Waals surface area (Å²) in [6.45, 7) is 10.5. The van der Waals surface area contributed by atoms with Gasteiger partial charge in [-0.05, 0) is 31.1 Å². The van der Waals surface area contributed by atoms with E-state index in [1.807, 2.05) is 34.6 Å². The number of nitrogens with zero attached hydrogens (tertiary/aromatic N) is 1. The summed E-state index contributed by atoms with van der Waals surface area (Å²) >= 11 is 0. The first-order valence-electron chi connectivity index (χ1n) is 7.10. The molecule has 0 spiro atoms. The van der Waals surface area contributed by atoms with E-state index < -0.39 is 5.41 Å². The van der Waals surface area contributed by atoms with E-state index in [9.17, 15) is 9.59 Å². The first kappa shape index (κ1) is 16.2. The topological polar surface area (TPSA) is 57.6 Å². The van der Waals surface area contributed by atoms with Gasteiger partial charge in [-0.25, -0.2) is 0 Å². The van der Waals surface area contributed by atoms with Crippen molar-refractivity contribution in [1.29, 1.82) is 0 Å². The van der Waals surface area contributed by atoms with Crippen LogP contribution in [-0.2, 0) is 9.59 Å². The Kier molecular flexibility index (Phi) is 4.77. The summed E-state index contributed by atoms with van der Waals surface area (Å²) in [5.74, 6) is 0.0670. The van der Waals surface area contributed by atoms with Crippen molar-refractivity contribution in [2.75, 3.05) is 13.2 Å². The average molecular weight is 269 g/mol. The predicted octanol–water partition coefficient (Wildman–Crippen LogP) is 2.21. The lowest BCUT2D eigenvalue weighted by atomic mass is 9.77. The summed E-state index contributed by atoms with van der Waals surface area (Å²) in [5.41, 5.74) is -0.694. The Hall–Kier alpha value is -0.900. The van der Waals surface area contributed by atoms with Crippen LogP contribution in [0.1, 0.15) is 53.9 Å². The molecule has 1 atom stereocenters. The zero-order valence-corrected chi connectivity index (χ0v) is 12.8. The van der Waals surface area contributed by atoms with Crippen LogP contribution in [0, 0.1) is 16.7 Å². The molecule has 0 aromatic carbocycles. The van der Waals surface area contributed by atoms with E-state index in [2.05, 4.69) is 0 Å². The first-order chi connectivity index (χ1) is 8.64. The van der Waals surface area contributed by atoms with Crippen molar-refractivity contribution in [1.82, 2.24) is 4.90 Å². The zero-order chi connectivity index (χ0) is 14.8. The molecule has 0 aromatic heterocycles. The fourth-order valence-corrected chi connectivity index (χ4v) is 2.58. The molecule has 1 aliphatic rings. The van der Waals surface area contributed by atoms with Crippen molar-refractivity contribution in [3.63, 3.8) is 0 Å². The third-order valence-corrected chi connectivity index (χ3v) is 4.43. The molecule has 0 bridgehead atoms. The van der Waals surface area contributed by atoms with Gasteiger partial charge in [-0.1, -0.05) is 27.7 Å². The van der Waals surface area contributed by atoms with E-state index in [1.165, 1.54) is 4.90 Å². The van der Waals surface area contributed by atoms with Crippen LogP contribution in [0.2, 0.25) is 0 Å². The van der Waals surface area contributed by atoms with Crippen LogP contribution in [0.25, 0.3) is 0 Å². The highest BCUT2D eigenvalue weighted by atomic mass is 16.3. The largest absolute Gasteiger partial charge is 0.396 e. The van der Waals surface area contributed by atoms with Crippen LogP contribution < -0.4 is 0 Å². The fourth-order valence-electron chi connectivity index (χ4n) is 2.58. The number of aliphatic hydroxyl groups is 1. The van der Waals surface area contributed by atoms with Gasteiger partial charge >= 0.3 is 0 Å². The molecular weight excluding hydrogens is 242 g/mol. The maximum atomic E-state index is 12.5. The number of carbonyl (C=O) groups excluding carboxylic acids is 2. The Morgan fingerprint density at radius 2 is 1.95 bits per heavy atom. The molecule has 1 N–H and O–H groups in total. The number of likely N-dealkylation sites (tertiary alicyclic amines) is 1. The average Bonchev–Trinajstić information content (AvgIpc) is 2.51. The standard InChI is InChI=1S/C15H27NO3/c1-11(2)15(5)9-12(18)16(13(15)19)10-14(3,4)7-6-8-17/h11,17H,6-10H2,1-5H3. The smallest absolute Gasteiger partial charge is 0.235 e. The Morgan fingerprint density at radius 1 is 1.37 bits per heavy atom. The molecule has 0 radical (unpaired) electrons. The quantitative estimate of drug-likeness (QED) is 0.752. The molecule has 2 amide bonds. The van der Waals surface area contributed by atoms with Gasteiger partial charge in [0.2, 0.25) is 11.8 Å². The predicted molar refractivity (Wildman–Crippen MR) is 74.4 cm³/mol. The highest BCUT2D eigenvalue weighted by Crippen LogP contribution is 2.40. The van der Waals surface area contributed by atoms with Crippen molar-refractivity contribution in [3.05, 3.63) is 0 Å². The summed E-state index contributed by atoms with van der Waals surface area (Å²) in [7, 11) is 0. The Balaban J connectivity index is 2.80. The van der Waals surface area contributed by atoms with Gasteiger partial charge in [-0.2, -0.15) is 0 Å². The van der Waals surface area contributed by atoms with Gasteiger partial charge in [0.25, 0.3) is 0 Å². The molecule has 0 aliphatic carbocycles. The second kappa shape index (κ2) is 5.61. The number of carbonyl (C=O) groups is 2. The van der Waals surface area contributed by atoms with Crippen LogP contribution in [-0.4, -0.2) is 35.0 Å². The molecule has 0 aromatic rings. The van der Waals surface area contributed by atoms with Gasteiger partial charge in [0.15, 0.2) is 0 Å². The van der Waals surface area contributed by atoms with Crippen LogP contribution in [0.3, 0.4) is 0 Å².